The molecule has 0 aliphatic carbocycles. The lowest BCUT2D eigenvalue weighted by Gasteiger charge is -2.14. The first-order valence-electron chi connectivity index (χ1n) is 9.70. The summed E-state index contributed by atoms with van der Waals surface area (Å²) in [5.41, 5.74) is 22.7. The third-order valence-corrected chi connectivity index (χ3v) is 5.34. The molecule has 144 valence electrons. The molecule has 0 atom stereocenters. The van der Waals surface area contributed by atoms with E-state index in [0.29, 0.717) is 0 Å². The normalized spacial score (nSPS) is 10.7. The Bertz CT molecular complexity index is 1140. The summed E-state index contributed by atoms with van der Waals surface area (Å²) in [7, 11) is 0. The first-order valence-corrected chi connectivity index (χ1v) is 9.70. The quantitative estimate of drug-likeness (QED) is 0.352. The van der Waals surface area contributed by atoms with Gasteiger partial charge >= 0.3 is 0 Å². The summed E-state index contributed by atoms with van der Waals surface area (Å²) in [5, 5.41) is 3.52. The highest BCUT2D eigenvalue weighted by atomic mass is 14.9. The topological polar surface area (TPSA) is 64.1 Å². The van der Waals surface area contributed by atoms with Gasteiger partial charge in [-0.25, -0.2) is 0 Å². The number of hydrogen-bond donors (Lipinski definition) is 3. The second kappa shape index (κ2) is 7.72. The number of hydrogen-bond acceptors (Lipinski definition) is 3. The number of nitrogens with one attached hydrogen (secondary N) is 1. The lowest BCUT2D eigenvalue weighted by atomic mass is 9.94. The Morgan fingerprint density at radius 2 is 1.24 bits per heavy atom. The number of rotatable bonds is 4. The van der Waals surface area contributed by atoms with Gasteiger partial charge in [-0.1, -0.05) is 42.5 Å². The van der Waals surface area contributed by atoms with Crippen LogP contribution < -0.4 is 16.8 Å². The van der Waals surface area contributed by atoms with Crippen LogP contribution in [0.1, 0.15) is 11.1 Å². The van der Waals surface area contributed by atoms with Crippen molar-refractivity contribution < 1.29 is 0 Å². The van der Waals surface area contributed by atoms with E-state index in [-0.39, 0.29) is 0 Å². The molecular formula is C26H25N3. The molecule has 0 spiro atoms. The van der Waals surface area contributed by atoms with E-state index in [4.69, 9.17) is 11.5 Å². The van der Waals surface area contributed by atoms with Crippen molar-refractivity contribution in [3.63, 3.8) is 0 Å². The van der Waals surface area contributed by atoms with E-state index in [2.05, 4.69) is 67.7 Å². The van der Waals surface area contributed by atoms with Crippen LogP contribution in [-0.4, -0.2) is 0 Å². The van der Waals surface area contributed by atoms with Gasteiger partial charge in [0.05, 0.1) is 0 Å². The minimum absolute atomic E-state index is 0.747. The summed E-state index contributed by atoms with van der Waals surface area (Å²) in [6.45, 7) is 4.26. The van der Waals surface area contributed by atoms with Crippen molar-refractivity contribution in [1.82, 2.24) is 0 Å². The van der Waals surface area contributed by atoms with Crippen LogP contribution in [0.3, 0.4) is 0 Å². The summed E-state index contributed by atoms with van der Waals surface area (Å²) in [6.07, 6.45) is 0. The number of nitrogen functional groups attached to an aromatic ring is 2. The highest BCUT2D eigenvalue weighted by molar-refractivity contribution is 5.86. The van der Waals surface area contributed by atoms with Crippen molar-refractivity contribution in [3.05, 3.63) is 96.1 Å². The molecule has 4 rings (SSSR count). The zero-order valence-electron chi connectivity index (χ0n) is 16.7. The SMILES string of the molecule is Cc1cccc(Nc2ccc(-c3cc(N)ccc3-c3ccc(N)cc3)cc2)c1C. The average molecular weight is 380 g/mol. The van der Waals surface area contributed by atoms with Gasteiger partial charge in [0.15, 0.2) is 0 Å². The minimum Gasteiger partial charge on any atom is -0.399 e. The molecule has 3 nitrogen and oxygen atoms in total. The molecule has 0 fully saturated rings. The largest absolute Gasteiger partial charge is 0.399 e. The molecule has 0 amide bonds. The highest BCUT2D eigenvalue weighted by Crippen LogP contribution is 2.35. The molecule has 29 heavy (non-hydrogen) atoms. The van der Waals surface area contributed by atoms with Gasteiger partial charge in [0, 0.05) is 22.7 Å². The number of nitrogens with two attached hydrogens (primary N) is 2. The summed E-state index contributed by atoms with van der Waals surface area (Å²) in [6, 6.07) is 28.7. The molecule has 4 aromatic carbocycles. The Morgan fingerprint density at radius 1 is 0.621 bits per heavy atom. The Morgan fingerprint density at radius 3 is 1.97 bits per heavy atom. The maximum atomic E-state index is 6.10. The summed E-state index contributed by atoms with van der Waals surface area (Å²) in [5.74, 6) is 0. The van der Waals surface area contributed by atoms with Crippen molar-refractivity contribution in [2.75, 3.05) is 16.8 Å². The molecule has 0 unspecified atom stereocenters. The van der Waals surface area contributed by atoms with Crippen molar-refractivity contribution in [2.24, 2.45) is 0 Å². The Hall–Kier alpha value is -3.72. The molecule has 3 heteroatoms. The first kappa shape index (κ1) is 18.6. The molecule has 0 aromatic heterocycles. The maximum absolute atomic E-state index is 6.10. The predicted octanol–water partition coefficient (Wildman–Crippen LogP) is 6.55. The van der Waals surface area contributed by atoms with Gasteiger partial charge in [0.25, 0.3) is 0 Å². The predicted molar refractivity (Wildman–Crippen MR) is 125 cm³/mol. The van der Waals surface area contributed by atoms with E-state index < -0.39 is 0 Å². The Balaban J connectivity index is 1.68. The summed E-state index contributed by atoms with van der Waals surface area (Å²) in [4.78, 5) is 0. The second-order valence-electron chi connectivity index (χ2n) is 7.38. The van der Waals surface area contributed by atoms with Gasteiger partial charge in [0.1, 0.15) is 0 Å². The first-order chi connectivity index (χ1) is 14.0. The van der Waals surface area contributed by atoms with Crippen molar-refractivity contribution in [2.45, 2.75) is 13.8 Å². The van der Waals surface area contributed by atoms with E-state index in [1.54, 1.807) is 0 Å². The van der Waals surface area contributed by atoms with Crippen LogP contribution in [0, 0.1) is 13.8 Å². The number of benzene rings is 4. The third kappa shape index (κ3) is 3.94. The molecule has 0 aliphatic rings. The van der Waals surface area contributed by atoms with Crippen molar-refractivity contribution in [3.8, 4) is 22.3 Å². The average Bonchev–Trinajstić information content (AvgIpc) is 2.73. The summed E-state index contributed by atoms with van der Waals surface area (Å²) >= 11 is 0. The standard InChI is InChI=1S/C26H25N3/c1-17-4-3-5-26(18(17)2)29-23-13-8-20(9-14-23)25-16-22(28)12-15-24(25)19-6-10-21(27)11-7-19/h3-16,29H,27-28H2,1-2H3. The van der Waals surface area contributed by atoms with Crippen LogP contribution in [0.2, 0.25) is 0 Å². The fourth-order valence-electron chi connectivity index (χ4n) is 3.49. The zero-order valence-corrected chi connectivity index (χ0v) is 16.7. The minimum atomic E-state index is 0.747. The second-order valence-corrected chi connectivity index (χ2v) is 7.38. The van der Waals surface area contributed by atoms with Gasteiger partial charge in [-0.3, -0.25) is 0 Å². The fraction of sp³-hybridized carbons (Fsp3) is 0.0769. The Kier molecular flexibility index (Phi) is 4.96. The van der Waals surface area contributed by atoms with Gasteiger partial charge < -0.3 is 16.8 Å². The summed E-state index contributed by atoms with van der Waals surface area (Å²) < 4.78 is 0. The van der Waals surface area contributed by atoms with Crippen molar-refractivity contribution >= 4 is 22.7 Å². The number of aryl methyl sites for hydroxylation is 1. The van der Waals surface area contributed by atoms with Gasteiger partial charge in [-0.15, -0.1) is 0 Å². The van der Waals surface area contributed by atoms with E-state index in [0.717, 1.165) is 45.0 Å². The zero-order chi connectivity index (χ0) is 20.4. The molecule has 5 N–H and O–H groups in total. The van der Waals surface area contributed by atoms with Gasteiger partial charge in [0.2, 0.25) is 0 Å². The highest BCUT2D eigenvalue weighted by Gasteiger charge is 2.09. The molecule has 4 aromatic rings. The fourth-order valence-corrected chi connectivity index (χ4v) is 3.49. The van der Waals surface area contributed by atoms with Gasteiger partial charge in [-0.05, 0) is 89.7 Å². The smallest absolute Gasteiger partial charge is 0.0416 e. The molecule has 0 bridgehead atoms. The molecule has 0 heterocycles. The lowest BCUT2D eigenvalue weighted by Crippen LogP contribution is -1.95. The number of anilines is 4. The van der Waals surface area contributed by atoms with Crippen LogP contribution in [0.4, 0.5) is 22.7 Å². The molecule has 0 saturated heterocycles. The van der Waals surface area contributed by atoms with E-state index >= 15 is 0 Å². The van der Waals surface area contributed by atoms with Crippen LogP contribution in [0.25, 0.3) is 22.3 Å². The van der Waals surface area contributed by atoms with Gasteiger partial charge in [-0.2, -0.15) is 0 Å². The van der Waals surface area contributed by atoms with E-state index in [1.807, 2.05) is 36.4 Å². The maximum Gasteiger partial charge on any atom is 0.0416 e. The van der Waals surface area contributed by atoms with Crippen LogP contribution in [0.5, 0.6) is 0 Å². The molecule has 0 saturated carbocycles. The van der Waals surface area contributed by atoms with E-state index in [9.17, 15) is 0 Å². The van der Waals surface area contributed by atoms with Crippen molar-refractivity contribution in [1.29, 1.82) is 0 Å². The third-order valence-electron chi connectivity index (χ3n) is 5.34. The van der Waals surface area contributed by atoms with Crippen LogP contribution in [-0.2, 0) is 0 Å². The molecular weight excluding hydrogens is 354 g/mol. The lowest BCUT2D eigenvalue weighted by molar-refractivity contribution is 1.33. The van der Waals surface area contributed by atoms with Crippen LogP contribution in [0.15, 0.2) is 84.9 Å². The molecule has 0 aliphatic heterocycles. The van der Waals surface area contributed by atoms with E-state index in [1.165, 1.54) is 11.1 Å². The molecule has 0 radical (unpaired) electrons. The van der Waals surface area contributed by atoms with Crippen LogP contribution >= 0.6 is 0 Å². The Labute approximate surface area is 172 Å². The monoisotopic (exact) mass is 379 g/mol.